The van der Waals surface area contributed by atoms with Gasteiger partial charge in [-0.25, -0.2) is 0 Å². The van der Waals surface area contributed by atoms with E-state index in [4.69, 9.17) is 0 Å². The normalized spacial score (nSPS) is 13.2. The first-order chi connectivity index (χ1) is 3.81. The van der Waals surface area contributed by atoms with Gasteiger partial charge in [-0.2, -0.15) is 11.8 Å². The van der Waals surface area contributed by atoms with Crippen molar-refractivity contribution in [2.75, 3.05) is 11.5 Å². The smallest absolute Gasteiger partial charge is 0.123 e. The van der Waals surface area contributed by atoms with Gasteiger partial charge in [0, 0.05) is 11.7 Å². The van der Waals surface area contributed by atoms with Crippen molar-refractivity contribution in [2.24, 2.45) is 5.92 Å². The Balaban J connectivity index is 2.98. The lowest BCUT2D eigenvalue weighted by atomic mass is 10.3. The van der Waals surface area contributed by atoms with Gasteiger partial charge in [-0.05, 0) is 5.75 Å². The van der Waals surface area contributed by atoms with Gasteiger partial charge in [0.05, 0.1) is 0 Å². The van der Waals surface area contributed by atoms with Gasteiger partial charge in [0.15, 0.2) is 0 Å². The Morgan fingerprint density at radius 1 is 1.75 bits per heavy atom. The molecule has 0 saturated heterocycles. The van der Waals surface area contributed by atoms with Gasteiger partial charge in [-0.3, -0.25) is 0 Å². The van der Waals surface area contributed by atoms with E-state index >= 15 is 0 Å². The Morgan fingerprint density at radius 3 is 2.75 bits per heavy atom. The van der Waals surface area contributed by atoms with Crippen molar-refractivity contribution in [3.8, 4) is 0 Å². The first-order valence-corrected chi connectivity index (χ1v) is 3.99. The summed E-state index contributed by atoms with van der Waals surface area (Å²) in [6.07, 6.45) is 1.00. The van der Waals surface area contributed by atoms with Crippen LogP contribution in [0, 0.1) is 5.92 Å². The van der Waals surface area contributed by atoms with E-state index in [1.807, 2.05) is 18.7 Å². The zero-order valence-electron chi connectivity index (χ0n) is 5.39. The fourth-order valence-electron chi connectivity index (χ4n) is 0.343. The van der Waals surface area contributed by atoms with E-state index in [0.29, 0.717) is 0 Å². The minimum Gasteiger partial charge on any atom is -0.303 e. The summed E-state index contributed by atoms with van der Waals surface area (Å²) < 4.78 is 0. The fourth-order valence-corrected chi connectivity index (χ4v) is 1.03. The van der Waals surface area contributed by atoms with E-state index in [0.717, 1.165) is 17.8 Å². The third-order valence-electron chi connectivity index (χ3n) is 0.817. The van der Waals surface area contributed by atoms with Gasteiger partial charge >= 0.3 is 0 Å². The molecule has 48 valence electrons. The molecule has 0 rings (SSSR count). The molecule has 1 nitrogen and oxygen atoms in total. The van der Waals surface area contributed by atoms with E-state index in [-0.39, 0.29) is 5.92 Å². The van der Waals surface area contributed by atoms with E-state index < -0.39 is 0 Å². The summed E-state index contributed by atoms with van der Waals surface area (Å²) in [6, 6.07) is 0. The van der Waals surface area contributed by atoms with Gasteiger partial charge in [0.1, 0.15) is 6.29 Å². The molecule has 0 saturated carbocycles. The quantitative estimate of drug-likeness (QED) is 0.540. The predicted molar refractivity (Wildman–Crippen MR) is 38.2 cm³/mol. The van der Waals surface area contributed by atoms with Crippen LogP contribution in [0.2, 0.25) is 0 Å². The largest absolute Gasteiger partial charge is 0.303 e. The maximum atomic E-state index is 10.00. The molecule has 2 heteroatoms. The summed E-state index contributed by atoms with van der Waals surface area (Å²) in [7, 11) is 0. The maximum Gasteiger partial charge on any atom is 0.123 e. The van der Waals surface area contributed by atoms with Crippen LogP contribution in [0.15, 0.2) is 0 Å². The second kappa shape index (κ2) is 5.16. The zero-order chi connectivity index (χ0) is 6.41. The van der Waals surface area contributed by atoms with Crippen LogP contribution < -0.4 is 0 Å². The summed E-state index contributed by atoms with van der Waals surface area (Å²) >= 11 is 1.81. The highest BCUT2D eigenvalue weighted by molar-refractivity contribution is 7.99. The highest BCUT2D eigenvalue weighted by Gasteiger charge is 1.95. The zero-order valence-corrected chi connectivity index (χ0v) is 6.20. The summed E-state index contributed by atoms with van der Waals surface area (Å²) in [5.41, 5.74) is 0. The highest BCUT2D eigenvalue weighted by Crippen LogP contribution is 2.03. The van der Waals surface area contributed by atoms with Crippen LogP contribution in [0.3, 0.4) is 0 Å². The molecule has 1 atom stereocenters. The molecule has 0 aromatic rings. The Bertz CT molecular complexity index is 63.5. The molecule has 0 aliphatic rings. The maximum absolute atomic E-state index is 10.00. The van der Waals surface area contributed by atoms with E-state index in [1.165, 1.54) is 0 Å². The van der Waals surface area contributed by atoms with Crippen LogP contribution in [0.4, 0.5) is 0 Å². The van der Waals surface area contributed by atoms with E-state index in [2.05, 4.69) is 6.92 Å². The molecule has 0 heterocycles. The number of hydrogen-bond acceptors (Lipinski definition) is 2. The summed E-state index contributed by atoms with van der Waals surface area (Å²) in [5, 5.41) is 0. The molecule has 0 spiro atoms. The van der Waals surface area contributed by atoms with Gasteiger partial charge < -0.3 is 4.79 Å². The number of rotatable bonds is 4. The van der Waals surface area contributed by atoms with Crippen LogP contribution >= 0.6 is 11.8 Å². The minimum atomic E-state index is 0.236. The number of carbonyl (C=O) groups is 1. The van der Waals surface area contributed by atoms with Gasteiger partial charge in [-0.15, -0.1) is 0 Å². The van der Waals surface area contributed by atoms with Crippen molar-refractivity contribution >= 4 is 18.0 Å². The molecule has 0 aromatic carbocycles. The molecule has 0 N–H and O–H groups in total. The van der Waals surface area contributed by atoms with Crippen molar-refractivity contribution in [3.63, 3.8) is 0 Å². The lowest BCUT2D eigenvalue weighted by molar-refractivity contribution is -0.110. The average Bonchev–Trinajstić information content (AvgIpc) is 1.83. The standard InChI is InChI=1S/C6H12OS/c1-3-8-5-6(2)4-7/h4,6H,3,5H2,1-2H3/t6-/m1/s1. The lowest BCUT2D eigenvalue weighted by Crippen LogP contribution is -1.98. The number of aldehydes is 1. The van der Waals surface area contributed by atoms with E-state index in [1.54, 1.807) is 0 Å². The second-order valence-electron chi connectivity index (χ2n) is 1.77. The molecular weight excluding hydrogens is 120 g/mol. The third kappa shape index (κ3) is 4.19. The summed E-state index contributed by atoms with van der Waals surface area (Å²) in [4.78, 5) is 10.00. The SMILES string of the molecule is CCSC[C@H](C)C=O. The second-order valence-corrected chi connectivity index (χ2v) is 3.09. The molecule has 0 unspecified atom stereocenters. The summed E-state index contributed by atoms with van der Waals surface area (Å²) in [6.45, 7) is 4.04. The molecule has 0 radical (unpaired) electrons. The third-order valence-corrected chi connectivity index (χ3v) is 1.99. The monoisotopic (exact) mass is 132 g/mol. The van der Waals surface area contributed by atoms with Crippen LogP contribution in [-0.4, -0.2) is 17.8 Å². The van der Waals surface area contributed by atoms with Gasteiger partial charge in [-0.1, -0.05) is 13.8 Å². The van der Waals surface area contributed by atoms with Crippen LogP contribution in [0.1, 0.15) is 13.8 Å². The Kier molecular flexibility index (Phi) is 5.18. The Hall–Kier alpha value is 0.0200. The molecule has 0 aliphatic heterocycles. The Labute approximate surface area is 54.8 Å². The van der Waals surface area contributed by atoms with Crippen molar-refractivity contribution in [3.05, 3.63) is 0 Å². The van der Waals surface area contributed by atoms with Crippen LogP contribution in [-0.2, 0) is 4.79 Å². The first kappa shape index (κ1) is 8.02. The van der Waals surface area contributed by atoms with Crippen molar-refractivity contribution in [2.45, 2.75) is 13.8 Å². The molecule has 0 aliphatic carbocycles. The van der Waals surface area contributed by atoms with Crippen molar-refractivity contribution < 1.29 is 4.79 Å². The van der Waals surface area contributed by atoms with Crippen LogP contribution in [0.25, 0.3) is 0 Å². The molecule has 0 fully saturated rings. The van der Waals surface area contributed by atoms with Crippen molar-refractivity contribution in [1.82, 2.24) is 0 Å². The van der Waals surface area contributed by atoms with Crippen molar-refractivity contribution in [1.29, 1.82) is 0 Å². The molecule has 0 bridgehead atoms. The van der Waals surface area contributed by atoms with Crippen LogP contribution in [0.5, 0.6) is 0 Å². The Morgan fingerprint density at radius 2 is 2.38 bits per heavy atom. The highest BCUT2D eigenvalue weighted by atomic mass is 32.2. The fraction of sp³-hybridized carbons (Fsp3) is 0.833. The lowest BCUT2D eigenvalue weighted by Gasteiger charge is -1.97. The minimum absolute atomic E-state index is 0.236. The molecule has 0 amide bonds. The molecular formula is C6H12OS. The average molecular weight is 132 g/mol. The van der Waals surface area contributed by atoms with Gasteiger partial charge in [0.25, 0.3) is 0 Å². The number of carbonyl (C=O) groups excluding carboxylic acids is 1. The topological polar surface area (TPSA) is 17.1 Å². The number of thioether (sulfide) groups is 1. The predicted octanol–water partition coefficient (Wildman–Crippen LogP) is 1.57. The summed E-state index contributed by atoms with van der Waals surface area (Å²) in [5.74, 6) is 2.32. The number of hydrogen-bond donors (Lipinski definition) is 0. The van der Waals surface area contributed by atoms with E-state index in [9.17, 15) is 4.79 Å². The van der Waals surface area contributed by atoms with Gasteiger partial charge in [0.2, 0.25) is 0 Å². The molecule has 8 heavy (non-hydrogen) atoms. The first-order valence-electron chi connectivity index (χ1n) is 2.84. The molecule has 0 aromatic heterocycles.